The van der Waals surface area contributed by atoms with Gasteiger partial charge in [-0.15, -0.1) is 6.58 Å². The highest BCUT2D eigenvalue weighted by Gasteiger charge is 2.16. The zero-order chi connectivity index (χ0) is 14.6. The van der Waals surface area contributed by atoms with Crippen molar-refractivity contribution >= 4 is 11.7 Å². The molecule has 19 heavy (non-hydrogen) atoms. The largest absolute Gasteiger partial charge is 0.494 e. The number of H-pyrrole nitrogens is 1. The molecule has 0 saturated heterocycles. The Morgan fingerprint density at radius 3 is 2.79 bits per heavy atom. The number of hydrazone groups is 1. The van der Waals surface area contributed by atoms with Crippen LogP contribution in [0.15, 0.2) is 27.3 Å². The van der Waals surface area contributed by atoms with E-state index in [1.807, 2.05) is 10.4 Å². The molecule has 0 aliphatic heterocycles. The van der Waals surface area contributed by atoms with Crippen molar-refractivity contribution in [2.45, 2.75) is 13.5 Å². The van der Waals surface area contributed by atoms with Gasteiger partial charge in [-0.25, -0.2) is 15.0 Å². The van der Waals surface area contributed by atoms with Crippen molar-refractivity contribution in [2.24, 2.45) is 10.8 Å². The molecule has 0 aromatic carbocycles. The molecule has 0 radical (unpaired) electrons. The number of urea groups is 1. The van der Waals surface area contributed by atoms with Crippen LogP contribution in [0.4, 0.5) is 4.79 Å². The fraction of sp³-hybridized carbons (Fsp3) is 0.200. The number of allylic oxidation sites excluding steroid dienone is 1. The molecule has 0 fully saturated rings. The third kappa shape index (κ3) is 3.09. The van der Waals surface area contributed by atoms with Crippen LogP contribution < -0.4 is 22.4 Å². The summed E-state index contributed by atoms with van der Waals surface area (Å²) in [5, 5.41) is 13.4. The van der Waals surface area contributed by atoms with Crippen LogP contribution in [0.2, 0.25) is 0 Å². The Bertz CT molecular complexity index is 655. The predicted octanol–water partition coefficient (Wildman–Crippen LogP) is -1.18. The number of aromatic hydroxyl groups is 1. The van der Waals surface area contributed by atoms with Gasteiger partial charge in [0.25, 0.3) is 5.56 Å². The van der Waals surface area contributed by atoms with Crippen molar-refractivity contribution < 1.29 is 9.90 Å². The van der Waals surface area contributed by atoms with Gasteiger partial charge in [0.05, 0.1) is 5.71 Å². The van der Waals surface area contributed by atoms with E-state index in [1.165, 1.54) is 13.0 Å². The quantitative estimate of drug-likeness (QED) is 0.309. The van der Waals surface area contributed by atoms with Gasteiger partial charge in [0.15, 0.2) is 0 Å². The van der Waals surface area contributed by atoms with E-state index in [1.54, 1.807) is 0 Å². The van der Waals surface area contributed by atoms with Crippen molar-refractivity contribution in [1.29, 1.82) is 0 Å². The number of primary amides is 1. The van der Waals surface area contributed by atoms with Crippen LogP contribution in [0.25, 0.3) is 0 Å². The number of carbonyl (C=O) groups is 1. The summed E-state index contributed by atoms with van der Waals surface area (Å²) in [5.41, 5.74) is 4.90. The van der Waals surface area contributed by atoms with Gasteiger partial charge in [-0.2, -0.15) is 5.10 Å². The Labute approximate surface area is 107 Å². The maximum absolute atomic E-state index is 11.6. The summed E-state index contributed by atoms with van der Waals surface area (Å²) in [7, 11) is 0. The zero-order valence-corrected chi connectivity index (χ0v) is 10.1. The average molecular weight is 267 g/mol. The first-order valence-electron chi connectivity index (χ1n) is 5.15. The second-order valence-electron chi connectivity index (χ2n) is 3.53. The van der Waals surface area contributed by atoms with E-state index in [0.29, 0.717) is 0 Å². The monoisotopic (exact) mass is 267 g/mol. The van der Waals surface area contributed by atoms with E-state index in [-0.39, 0.29) is 17.8 Å². The first kappa shape index (κ1) is 14.2. The molecule has 0 saturated carbocycles. The summed E-state index contributed by atoms with van der Waals surface area (Å²) < 4.78 is 0.896. The maximum Gasteiger partial charge on any atom is 0.332 e. The number of aromatic amines is 1. The molecule has 9 nitrogen and oxygen atoms in total. The van der Waals surface area contributed by atoms with Crippen LogP contribution in [0.1, 0.15) is 12.5 Å². The second kappa shape index (κ2) is 5.67. The van der Waals surface area contributed by atoms with Crippen molar-refractivity contribution in [1.82, 2.24) is 15.0 Å². The molecule has 0 bridgehead atoms. The molecule has 0 aliphatic rings. The Hall–Kier alpha value is -2.84. The van der Waals surface area contributed by atoms with Crippen LogP contribution >= 0.6 is 0 Å². The molecule has 1 aromatic rings. The Morgan fingerprint density at radius 2 is 2.26 bits per heavy atom. The smallest absolute Gasteiger partial charge is 0.332 e. The van der Waals surface area contributed by atoms with Gasteiger partial charge in [-0.3, -0.25) is 14.3 Å². The highest BCUT2D eigenvalue weighted by molar-refractivity contribution is 6.00. The number of nitrogens with two attached hydrogens (primary N) is 1. The molecule has 0 aliphatic carbocycles. The van der Waals surface area contributed by atoms with Gasteiger partial charge in [0.2, 0.25) is 5.88 Å². The SMILES string of the molecule is C=CCn1c(O)c(C(C)=NNC(N)=O)c(=O)[nH]c1=O. The standard InChI is InChI=1S/C10H13N5O4/c1-3-4-15-8(17)6(7(16)12-10(15)19)5(2)13-14-9(11)18/h3,17H,1,4H2,2H3,(H3,11,14,18)(H,12,16,19). The van der Waals surface area contributed by atoms with E-state index >= 15 is 0 Å². The van der Waals surface area contributed by atoms with E-state index in [9.17, 15) is 19.5 Å². The van der Waals surface area contributed by atoms with Crippen molar-refractivity contribution in [3.8, 4) is 5.88 Å². The number of nitrogens with zero attached hydrogens (tertiary/aromatic N) is 2. The van der Waals surface area contributed by atoms with Gasteiger partial charge in [0, 0.05) is 6.54 Å². The molecular formula is C10H13N5O4. The summed E-state index contributed by atoms with van der Waals surface area (Å²) >= 11 is 0. The number of nitrogens with one attached hydrogen (secondary N) is 2. The van der Waals surface area contributed by atoms with Crippen LogP contribution in [0.5, 0.6) is 5.88 Å². The van der Waals surface area contributed by atoms with E-state index in [0.717, 1.165) is 4.57 Å². The first-order valence-corrected chi connectivity index (χ1v) is 5.15. The number of amides is 2. The number of hydrogen-bond acceptors (Lipinski definition) is 5. The molecule has 0 unspecified atom stereocenters. The fourth-order valence-electron chi connectivity index (χ4n) is 1.38. The lowest BCUT2D eigenvalue weighted by atomic mass is 10.2. The summed E-state index contributed by atoms with van der Waals surface area (Å²) in [6, 6.07) is -0.922. The predicted molar refractivity (Wildman–Crippen MR) is 68.1 cm³/mol. The van der Waals surface area contributed by atoms with E-state index in [4.69, 9.17) is 5.73 Å². The lowest BCUT2D eigenvalue weighted by Crippen LogP contribution is -2.34. The lowest BCUT2D eigenvalue weighted by molar-refractivity contribution is 0.249. The van der Waals surface area contributed by atoms with Gasteiger partial charge >= 0.3 is 11.7 Å². The molecular weight excluding hydrogens is 254 g/mol. The topological polar surface area (TPSA) is 143 Å². The number of aromatic nitrogens is 2. The molecule has 1 heterocycles. The Kier molecular flexibility index (Phi) is 4.24. The minimum absolute atomic E-state index is 0.00429. The molecule has 102 valence electrons. The number of hydrogen-bond donors (Lipinski definition) is 4. The van der Waals surface area contributed by atoms with Crippen molar-refractivity contribution in [3.63, 3.8) is 0 Å². The molecule has 9 heteroatoms. The minimum Gasteiger partial charge on any atom is -0.494 e. The van der Waals surface area contributed by atoms with Crippen molar-refractivity contribution in [2.75, 3.05) is 0 Å². The first-order chi connectivity index (χ1) is 8.88. The number of carbonyl (C=O) groups excluding carboxylic acids is 1. The second-order valence-corrected chi connectivity index (χ2v) is 3.53. The van der Waals surface area contributed by atoms with Crippen molar-refractivity contribution in [3.05, 3.63) is 39.1 Å². The summed E-state index contributed by atoms with van der Waals surface area (Å²) in [6.07, 6.45) is 1.37. The van der Waals surface area contributed by atoms with E-state index in [2.05, 4.69) is 11.7 Å². The third-order valence-electron chi connectivity index (χ3n) is 2.18. The minimum atomic E-state index is -0.922. The van der Waals surface area contributed by atoms with Gasteiger partial charge in [0.1, 0.15) is 5.56 Å². The zero-order valence-electron chi connectivity index (χ0n) is 10.1. The third-order valence-corrected chi connectivity index (χ3v) is 2.18. The molecule has 0 atom stereocenters. The van der Waals surface area contributed by atoms with Gasteiger partial charge in [-0.05, 0) is 6.92 Å². The van der Waals surface area contributed by atoms with E-state index < -0.39 is 23.2 Å². The fourth-order valence-corrected chi connectivity index (χ4v) is 1.38. The lowest BCUT2D eigenvalue weighted by Gasteiger charge is -2.09. The van der Waals surface area contributed by atoms with Gasteiger partial charge in [-0.1, -0.05) is 6.08 Å². The summed E-state index contributed by atoms with van der Waals surface area (Å²) in [4.78, 5) is 35.6. The average Bonchev–Trinajstić information content (AvgIpc) is 2.31. The number of rotatable bonds is 4. The molecule has 0 spiro atoms. The molecule has 1 aromatic heterocycles. The maximum atomic E-state index is 11.6. The summed E-state index contributed by atoms with van der Waals surface area (Å²) in [5.74, 6) is -0.568. The highest BCUT2D eigenvalue weighted by atomic mass is 16.3. The van der Waals surface area contributed by atoms with Gasteiger partial charge < -0.3 is 10.8 Å². The summed E-state index contributed by atoms with van der Waals surface area (Å²) in [6.45, 7) is 4.80. The highest BCUT2D eigenvalue weighted by Crippen LogP contribution is 2.10. The van der Waals surface area contributed by atoms with Crippen LogP contribution in [0, 0.1) is 0 Å². The van der Waals surface area contributed by atoms with Crippen LogP contribution in [-0.4, -0.2) is 26.4 Å². The van der Waals surface area contributed by atoms with Crippen LogP contribution in [0.3, 0.4) is 0 Å². The van der Waals surface area contributed by atoms with Crippen LogP contribution in [-0.2, 0) is 6.54 Å². The normalized spacial score (nSPS) is 11.1. The Morgan fingerprint density at radius 1 is 1.63 bits per heavy atom. The molecule has 2 amide bonds. The molecule has 1 rings (SSSR count). The Balaban J connectivity index is 3.43. The molecule has 5 N–H and O–H groups in total.